The molecule has 0 bridgehead atoms. The quantitative estimate of drug-likeness (QED) is 0.904. The van der Waals surface area contributed by atoms with Crippen molar-refractivity contribution in [1.29, 1.82) is 0 Å². The molecule has 1 unspecified atom stereocenters. The number of aromatic nitrogens is 1. The summed E-state index contributed by atoms with van der Waals surface area (Å²) in [4.78, 5) is 18.9. The normalized spacial score (nSPS) is 18.5. The van der Waals surface area contributed by atoms with Crippen molar-refractivity contribution in [2.24, 2.45) is 0 Å². The molecule has 7 heteroatoms. The fourth-order valence-corrected chi connectivity index (χ4v) is 2.60. The van der Waals surface area contributed by atoms with Gasteiger partial charge in [-0.1, -0.05) is 0 Å². The molecule has 1 aliphatic heterocycles. The number of nitrogens with one attached hydrogen (secondary N) is 1. The number of hydrogen-bond acceptors (Lipinski definition) is 4. The highest BCUT2D eigenvalue weighted by Gasteiger charge is 2.27. The first-order valence-corrected chi connectivity index (χ1v) is 5.97. The van der Waals surface area contributed by atoms with Crippen LogP contribution < -0.4 is 5.32 Å². The Balaban J connectivity index is 0.00000128. The largest absolute Gasteiger partial charge is 0.336 e. The Morgan fingerprint density at radius 1 is 1.59 bits per heavy atom. The van der Waals surface area contributed by atoms with Crippen molar-refractivity contribution < 1.29 is 4.79 Å². The summed E-state index contributed by atoms with van der Waals surface area (Å²) < 4.78 is 0. The average Bonchev–Trinajstić information content (AvgIpc) is 2.84. The van der Waals surface area contributed by atoms with E-state index in [9.17, 15) is 4.79 Å². The Morgan fingerprint density at radius 2 is 2.29 bits per heavy atom. The third-order valence-electron chi connectivity index (χ3n) is 2.82. The van der Waals surface area contributed by atoms with E-state index in [1.54, 1.807) is 5.51 Å². The highest BCUT2D eigenvalue weighted by molar-refractivity contribution is 7.11. The molecule has 0 radical (unpaired) electrons. The lowest BCUT2D eigenvalue weighted by molar-refractivity contribution is 0.0793. The van der Waals surface area contributed by atoms with Crippen LogP contribution in [0.15, 0.2) is 5.51 Å². The van der Waals surface area contributed by atoms with Gasteiger partial charge < -0.3 is 10.2 Å². The number of likely N-dealkylation sites (N-methyl/N-ethyl adjacent to an activating group) is 1. The lowest BCUT2D eigenvalue weighted by Gasteiger charge is -2.15. The fraction of sp³-hybridized carbons (Fsp3) is 0.600. The number of carbonyl (C=O) groups excluding carboxylic acids is 1. The van der Waals surface area contributed by atoms with Crippen LogP contribution in [0.5, 0.6) is 0 Å². The van der Waals surface area contributed by atoms with Gasteiger partial charge in [0.15, 0.2) is 0 Å². The van der Waals surface area contributed by atoms with Gasteiger partial charge in [-0.3, -0.25) is 4.79 Å². The number of thiazole rings is 1. The number of carbonyl (C=O) groups is 1. The standard InChI is InChI=1S/C10H15N3OS.2ClH/c1-7-9(15-6-12-7)10(14)13-4-3-8(5-13)11-2;;/h6,8,11H,3-5H2,1-2H3;2*1H. The van der Waals surface area contributed by atoms with E-state index in [2.05, 4.69) is 10.3 Å². The van der Waals surface area contributed by atoms with Crippen LogP contribution in [0.2, 0.25) is 0 Å². The first-order chi connectivity index (χ1) is 7.22. The molecule has 1 aromatic rings. The lowest BCUT2D eigenvalue weighted by Crippen LogP contribution is -2.33. The molecule has 4 nitrogen and oxygen atoms in total. The first-order valence-electron chi connectivity index (χ1n) is 5.09. The third-order valence-corrected chi connectivity index (χ3v) is 3.74. The topological polar surface area (TPSA) is 45.2 Å². The van der Waals surface area contributed by atoms with Gasteiger partial charge in [0.05, 0.1) is 11.2 Å². The van der Waals surface area contributed by atoms with Gasteiger partial charge >= 0.3 is 0 Å². The number of nitrogens with zero attached hydrogens (tertiary/aromatic N) is 2. The molecule has 2 rings (SSSR count). The highest BCUT2D eigenvalue weighted by Crippen LogP contribution is 2.18. The van der Waals surface area contributed by atoms with Crippen molar-refractivity contribution in [2.45, 2.75) is 19.4 Å². The van der Waals surface area contributed by atoms with Crippen LogP contribution in [-0.4, -0.2) is 42.0 Å². The molecule has 2 heterocycles. The van der Waals surface area contributed by atoms with Gasteiger partial charge in [0, 0.05) is 19.1 Å². The van der Waals surface area contributed by atoms with E-state index in [4.69, 9.17) is 0 Å². The minimum absolute atomic E-state index is 0. The Kier molecular flexibility index (Phi) is 7.01. The van der Waals surface area contributed by atoms with Crippen LogP contribution in [0, 0.1) is 6.92 Å². The van der Waals surface area contributed by atoms with Crippen molar-refractivity contribution in [3.05, 3.63) is 16.1 Å². The number of hydrogen-bond donors (Lipinski definition) is 1. The zero-order valence-electron chi connectivity index (χ0n) is 9.80. The predicted molar refractivity (Wildman–Crippen MR) is 74.7 cm³/mol. The van der Waals surface area contributed by atoms with Crippen molar-refractivity contribution in [3.8, 4) is 0 Å². The number of halogens is 2. The number of likely N-dealkylation sites (tertiary alicyclic amines) is 1. The molecule has 0 aromatic carbocycles. The number of amides is 1. The van der Waals surface area contributed by atoms with Gasteiger partial charge in [-0.15, -0.1) is 36.2 Å². The molecular formula is C10H17Cl2N3OS. The molecule has 1 aromatic heterocycles. The molecule has 0 saturated carbocycles. The average molecular weight is 298 g/mol. The van der Waals surface area contributed by atoms with Gasteiger partial charge in [0.1, 0.15) is 4.88 Å². The van der Waals surface area contributed by atoms with E-state index in [0.717, 1.165) is 30.1 Å². The maximum Gasteiger partial charge on any atom is 0.265 e. The third kappa shape index (κ3) is 3.55. The minimum atomic E-state index is 0. The second-order valence-corrected chi connectivity index (χ2v) is 4.65. The van der Waals surface area contributed by atoms with Crippen molar-refractivity contribution in [1.82, 2.24) is 15.2 Å². The summed E-state index contributed by atoms with van der Waals surface area (Å²) in [5.41, 5.74) is 2.58. The molecule has 1 amide bonds. The van der Waals surface area contributed by atoms with Crippen LogP contribution in [0.3, 0.4) is 0 Å². The Bertz CT molecular complexity index is 372. The molecular weight excluding hydrogens is 281 g/mol. The molecule has 1 atom stereocenters. The Labute approximate surface area is 118 Å². The fourth-order valence-electron chi connectivity index (χ4n) is 1.83. The predicted octanol–water partition coefficient (Wildman–Crippen LogP) is 1.73. The highest BCUT2D eigenvalue weighted by atomic mass is 35.5. The van der Waals surface area contributed by atoms with Gasteiger partial charge in [-0.05, 0) is 20.4 Å². The summed E-state index contributed by atoms with van der Waals surface area (Å²) in [6.07, 6.45) is 1.04. The van der Waals surface area contributed by atoms with Crippen LogP contribution in [0.25, 0.3) is 0 Å². The Morgan fingerprint density at radius 3 is 2.76 bits per heavy atom. The van der Waals surface area contributed by atoms with Gasteiger partial charge in [-0.25, -0.2) is 4.98 Å². The molecule has 1 saturated heterocycles. The van der Waals surface area contributed by atoms with Crippen LogP contribution in [0.4, 0.5) is 0 Å². The molecule has 17 heavy (non-hydrogen) atoms. The van der Waals surface area contributed by atoms with Crippen LogP contribution in [-0.2, 0) is 0 Å². The number of aryl methyl sites for hydroxylation is 1. The molecule has 98 valence electrons. The summed E-state index contributed by atoms with van der Waals surface area (Å²) in [7, 11) is 1.94. The van der Waals surface area contributed by atoms with E-state index in [-0.39, 0.29) is 30.7 Å². The van der Waals surface area contributed by atoms with Gasteiger partial charge in [0.25, 0.3) is 5.91 Å². The molecule has 0 spiro atoms. The summed E-state index contributed by atoms with van der Waals surface area (Å²) in [6.45, 7) is 3.55. The molecule has 0 aliphatic carbocycles. The second kappa shape index (κ2) is 7.16. The van der Waals surface area contributed by atoms with E-state index < -0.39 is 0 Å². The summed E-state index contributed by atoms with van der Waals surface area (Å²) in [5.74, 6) is 0.132. The van der Waals surface area contributed by atoms with Gasteiger partial charge in [-0.2, -0.15) is 0 Å². The van der Waals surface area contributed by atoms with E-state index >= 15 is 0 Å². The summed E-state index contributed by atoms with van der Waals surface area (Å²) in [5, 5.41) is 3.20. The van der Waals surface area contributed by atoms with Crippen molar-refractivity contribution in [2.75, 3.05) is 20.1 Å². The zero-order chi connectivity index (χ0) is 10.8. The van der Waals surface area contributed by atoms with E-state index in [1.165, 1.54) is 11.3 Å². The van der Waals surface area contributed by atoms with Crippen LogP contribution >= 0.6 is 36.2 Å². The zero-order valence-corrected chi connectivity index (χ0v) is 12.3. The van der Waals surface area contributed by atoms with Crippen LogP contribution in [0.1, 0.15) is 21.8 Å². The number of rotatable bonds is 2. The summed E-state index contributed by atoms with van der Waals surface area (Å²) in [6, 6.07) is 0.446. The second-order valence-electron chi connectivity index (χ2n) is 3.79. The smallest absolute Gasteiger partial charge is 0.265 e. The summed E-state index contributed by atoms with van der Waals surface area (Å²) >= 11 is 1.43. The molecule has 1 aliphatic rings. The lowest BCUT2D eigenvalue weighted by atomic mass is 10.3. The maximum absolute atomic E-state index is 12.1. The first kappa shape index (κ1) is 16.6. The Hall–Kier alpha value is -0.360. The van der Waals surface area contributed by atoms with E-state index in [1.807, 2.05) is 18.9 Å². The molecule has 1 N–H and O–H groups in total. The van der Waals surface area contributed by atoms with Gasteiger partial charge in [0.2, 0.25) is 0 Å². The molecule has 1 fully saturated rings. The minimum Gasteiger partial charge on any atom is -0.336 e. The SMILES string of the molecule is CNC1CCN(C(=O)c2scnc2C)C1.Cl.Cl. The monoisotopic (exact) mass is 297 g/mol. The van der Waals surface area contributed by atoms with Crippen molar-refractivity contribution in [3.63, 3.8) is 0 Å². The van der Waals surface area contributed by atoms with Crippen molar-refractivity contribution >= 4 is 42.1 Å². The maximum atomic E-state index is 12.1. The van der Waals surface area contributed by atoms with E-state index in [0.29, 0.717) is 6.04 Å².